The third-order valence-electron chi connectivity index (χ3n) is 0.867. The molecule has 1 aliphatic rings. The van der Waals surface area contributed by atoms with Crippen LogP contribution >= 0.6 is 17.0 Å². The third-order valence-corrected chi connectivity index (χ3v) is 0.867. The minimum absolute atomic E-state index is 0.826. The van der Waals surface area contributed by atoms with Crippen LogP contribution in [-0.2, 0) is 20.8 Å². The molecule has 0 N–H and O–H groups in total. The van der Waals surface area contributed by atoms with Crippen LogP contribution in [0.4, 0.5) is 0 Å². The Morgan fingerprint density at radius 3 is 2.33 bits per heavy atom. The average Bonchev–Trinajstić information content (AvgIpc) is 2.20. The van der Waals surface area contributed by atoms with Crippen LogP contribution < -0.4 is 0 Å². The number of allylic oxidation sites excluding steroid dienone is 4. The molecule has 1 aliphatic carbocycles. The van der Waals surface area contributed by atoms with Crippen molar-refractivity contribution in [3.8, 4) is 0 Å². The molecule has 0 saturated carbocycles. The summed E-state index contributed by atoms with van der Waals surface area (Å²) in [6.07, 6.45) is 8.33. The van der Waals surface area contributed by atoms with Crippen LogP contribution in [0.15, 0.2) is 17.7 Å². The zero-order valence-electron chi connectivity index (χ0n) is 5.12. The molecule has 0 aromatic rings. The van der Waals surface area contributed by atoms with E-state index < -0.39 is 20.8 Å². The summed E-state index contributed by atoms with van der Waals surface area (Å²) in [5.41, 5.74) is 1.27. The summed E-state index contributed by atoms with van der Waals surface area (Å²) in [5.74, 6) is 0. The third kappa shape index (κ3) is 6.83. The number of hydrogen-bond donors (Lipinski definition) is 0. The van der Waals surface area contributed by atoms with Crippen molar-refractivity contribution in [3.63, 3.8) is 0 Å². The first kappa shape index (κ1) is 9.94. The molecule has 50 valence electrons. The Kier molecular flexibility index (Phi) is 7.79. The van der Waals surface area contributed by atoms with Crippen molar-refractivity contribution in [2.45, 2.75) is 13.3 Å². The van der Waals surface area contributed by atoms with E-state index in [-0.39, 0.29) is 0 Å². The standard InChI is InChI=1S/C6H7.2ClH.Zr/c1-6-4-2-3-5-6;;;/h2,4H,3H2,1H3;2*1H;/q-1;;;+2/p-2. The number of rotatable bonds is 0. The first-order valence-corrected chi connectivity index (χ1v) is 8.84. The molecule has 9 heavy (non-hydrogen) atoms. The van der Waals surface area contributed by atoms with E-state index >= 15 is 0 Å². The number of hydrogen-bond acceptors (Lipinski definition) is 0. The van der Waals surface area contributed by atoms with Gasteiger partial charge < -0.3 is 0 Å². The molecular formula is C6H7Cl2Zr-. The second-order valence-corrected chi connectivity index (χ2v) is 5.27. The fraction of sp³-hybridized carbons (Fsp3) is 0.333. The van der Waals surface area contributed by atoms with Crippen LogP contribution in [0.5, 0.6) is 0 Å². The van der Waals surface area contributed by atoms with Gasteiger partial charge in [-0.05, 0) is 0 Å². The Labute approximate surface area is 74.6 Å². The van der Waals surface area contributed by atoms with Crippen molar-refractivity contribution in [3.05, 3.63) is 23.8 Å². The minimum atomic E-state index is -0.826. The molecule has 0 amide bonds. The first-order valence-electron chi connectivity index (χ1n) is 2.51. The van der Waals surface area contributed by atoms with Crippen molar-refractivity contribution in [2.75, 3.05) is 0 Å². The van der Waals surface area contributed by atoms with Crippen molar-refractivity contribution in [1.82, 2.24) is 0 Å². The molecule has 0 aromatic heterocycles. The predicted molar refractivity (Wildman–Crippen MR) is 37.9 cm³/mol. The summed E-state index contributed by atoms with van der Waals surface area (Å²) >= 11 is -0.826. The second kappa shape index (κ2) is 7.05. The van der Waals surface area contributed by atoms with Crippen molar-refractivity contribution in [1.29, 1.82) is 0 Å². The van der Waals surface area contributed by atoms with E-state index in [9.17, 15) is 0 Å². The second-order valence-electron chi connectivity index (χ2n) is 1.54. The first-order chi connectivity index (χ1) is 4.31. The van der Waals surface area contributed by atoms with Crippen molar-refractivity contribution >= 4 is 17.0 Å². The maximum absolute atomic E-state index is 4.93. The Hall–Kier alpha value is 0.943. The molecule has 0 aromatic carbocycles. The van der Waals surface area contributed by atoms with Crippen LogP contribution in [-0.4, -0.2) is 0 Å². The van der Waals surface area contributed by atoms with Gasteiger partial charge in [0.15, 0.2) is 0 Å². The van der Waals surface area contributed by atoms with E-state index in [1.165, 1.54) is 5.57 Å². The summed E-state index contributed by atoms with van der Waals surface area (Å²) in [7, 11) is 9.87. The fourth-order valence-electron chi connectivity index (χ4n) is 0.515. The molecule has 0 fully saturated rings. The van der Waals surface area contributed by atoms with Gasteiger partial charge in [0, 0.05) is 0 Å². The summed E-state index contributed by atoms with van der Waals surface area (Å²) < 4.78 is 0. The molecule has 0 saturated heterocycles. The molecule has 0 aliphatic heterocycles. The van der Waals surface area contributed by atoms with Gasteiger partial charge >= 0.3 is 37.9 Å². The molecule has 0 radical (unpaired) electrons. The molecule has 0 unspecified atom stereocenters. The van der Waals surface area contributed by atoms with E-state index in [2.05, 4.69) is 25.2 Å². The average molecular weight is 241 g/mol. The van der Waals surface area contributed by atoms with Crippen molar-refractivity contribution < 1.29 is 20.8 Å². The summed E-state index contributed by atoms with van der Waals surface area (Å²) in [5, 5.41) is 0. The van der Waals surface area contributed by atoms with E-state index in [1.54, 1.807) is 0 Å². The monoisotopic (exact) mass is 239 g/mol. The topological polar surface area (TPSA) is 0 Å². The predicted octanol–water partition coefficient (Wildman–Crippen LogP) is 3.07. The van der Waals surface area contributed by atoms with E-state index in [0.717, 1.165) is 6.42 Å². The zero-order valence-corrected chi connectivity index (χ0v) is 9.09. The molecule has 0 atom stereocenters. The molecule has 3 heteroatoms. The Bertz CT molecular complexity index is 115. The summed E-state index contributed by atoms with van der Waals surface area (Å²) in [4.78, 5) is 0. The van der Waals surface area contributed by atoms with E-state index in [0.29, 0.717) is 0 Å². The van der Waals surface area contributed by atoms with Crippen LogP contribution in [0, 0.1) is 6.08 Å². The van der Waals surface area contributed by atoms with Crippen LogP contribution in [0.3, 0.4) is 0 Å². The Morgan fingerprint density at radius 2 is 2.22 bits per heavy atom. The summed E-state index contributed by atoms with van der Waals surface area (Å²) in [6, 6.07) is 0. The summed E-state index contributed by atoms with van der Waals surface area (Å²) in [6.45, 7) is 2.06. The van der Waals surface area contributed by atoms with Crippen LogP contribution in [0.25, 0.3) is 0 Å². The van der Waals surface area contributed by atoms with Gasteiger partial charge in [-0.3, -0.25) is 6.08 Å². The van der Waals surface area contributed by atoms with Gasteiger partial charge in [0.1, 0.15) is 0 Å². The van der Waals surface area contributed by atoms with E-state index in [1.807, 2.05) is 0 Å². The molecular weight excluding hydrogens is 234 g/mol. The van der Waals surface area contributed by atoms with E-state index in [4.69, 9.17) is 17.0 Å². The molecule has 0 heterocycles. The molecule has 0 nitrogen and oxygen atoms in total. The van der Waals surface area contributed by atoms with Gasteiger partial charge in [0.2, 0.25) is 0 Å². The van der Waals surface area contributed by atoms with Crippen LogP contribution in [0.2, 0.25) is 0 Å². The van der Waals surface area contributed by atoms with Gasteiger partial charge in [-0.1, -0.05) is 6.92 Å². The SMILES string of the molecule is CC1=[C-]CC=C1.[Cl][Zr][Cl]. The van der Waals surface area contributed by atoms with Gasteiger partial charge in [0.05, 0.1) is 0 Å². The molecule has 0 bridgehead atoms. The normalized spacial score (nSPS) is 13.9. The van der Waals surface area contributed by atoms with Gasteiger partial charge in [-0.2, -0.15) is 6.08 Å². The zero-order chi connectivity index (χ0) is 7.11. The fourth-order valence-corrected chi connectivity index (χ4v) is 0.515. The molecule has 1 rings (SSSR count). The number of halogens is 2. The van der Waals surface area contributed by atoms with Gasteiger partial charge in [0.25, 0.3) is 0 Å². The van der Waals surface area contributed by atoms with Gasteiger partial charge in [-0.25, -0.2) is 11.6 Å². The Morgan fingerprint density at radius 1 is 1.67 bits per heavy atom. The van der Waals surface area contributed by atoms with Crippen molar-refractivity contribution in [2.24, 2.45) is 0 Å². The Balaban J connectivity index is 0.000000187. The van der Waals surface area contributed by atoms with Crippen LogP contribution in [0.1, 0.15) is 13.3 Å². The molecule has 0 spiro atoms. The van der Waals surface area contributed by atoms with Gasteiger partial charge in [-0.15, -0.1) is 6.42 Å². The maximum atomic E-state index is 4.93. The quantitative estimate of drug-likeness (QED) is 0.572.